The Morgan fingerprint density at radius 3 is 2.76 bits per heavy atom. The van der Waals surface area contributed by atoms with Crippen molar-refractivity contribution in [1.29, 1.82) is 0 Å². The lowest BCUT2D eigenvalue weighted by Gasteiger charge is -2.39. The minimum absolute atomic E-state index is 0.0792. The zero-order valence-corrected chi connectivity index (χ0v) is 11.8. The first kappa shape index (κ1) is 13.3. The van der Waals surface area contributed by atoms with Gasteiger partial charge in [-0.25, -0.2) is 0 Å². The van der Waals surface area contributed by atoms with Crippen LogP contribution in [0.3, 0.4) is 0 Å². The number of likely N-dealkylation sites (tertiary alicyclic amines) is 1. The second-order valence-corrected chi connectivity index (χ2v) is 6.48. The maximum atomic E-state index is 6.01. The van der Waals surface area contributed by atoms with Gasteiger partial charge in [0.1, 0.15) is 5.72 Å². The minimum atomic E-state index is -0.0792. The molecule has 0 bridgehead atoms. The Morgan fingerprint density at radius 1 is 1.47 bits per heavy atom. The summed E-state index contributed by atoms with van der Waals surface area (Å²) in [6.45, 7) is 13.5. The fourth-order valence-corrected chi connectivity index (χ4v) is 3.01. The highest BCUT2D eigenvalue weighted by Crippen LogP contribution is 2.29. The first-order valence-corrected chi connectivity index (χ1v) is 7.11. The molecule has 1 N–H and O–H groups in total. The summed E-state index contributed by atoms with van der Waals surface area (Å²) in [5.41, 5.74) is -0.0792. The van der Waals surface area contributed by atoms with Gasteiger partial charge in [0.2, 0.25) is 0 Å². The Bertz CT molecular complexity index is 247. The summed E-state index contributed by atoms with van der Waals surface area (Å²) >= 11 is 0. The molecule has 3 atom stereocenters. The van der Waals surface area contributed by atoms with E-state index in [1.165, 1.54) is 19.5 Å². The van der Waals surface area contributed by atoms with E-state index in [0.717, 1.165) is 25.5 Å². The number of rotatable bonds is 3. The number of hydrogen-bond donors (Lipinski definition) is 1. The molecule has 2 heterocycles. The van der Waals surface area contributed by atoms with Crippen molar-refractivity contribution in [3.8, 4) is 0 Å². The van der Waals surface area contributed by atoms with Crippen molar-refractivity contribution in [2.45, 2.75) is 52.3 Å². The first-order chi connectivity index (χ1) is 7.98. The first-order valence-electron chi connectivity index (χ1n) is 7.11. The van der Waals surface area contributed by atoms with E-state index in [1.54, 1.807) is 0 Å². The van der Waals surface area contributed by atoms with Crippen LogP contribution in [0.5, 0.6) is 0 Å². The Morgan fingerprint density at radius 2 is 2.24 bits per heavy atom. The van der Waals surface area contributed by atoms with Crippen LogP contribution in [-0.4, -0.2) is 42.9 Å². The molecule has 3 heteroatoms. The number of hydrogen-bond acceptors (Lipinski definition) is 3. The van der Waals surface area contributed by atoms with Crippen LogP contribution < -0.4 is 5.32 Å². The number of nitrogens with zero attached hydrogens (tertiary/aromatic N) is 1. The van der Waals surface area contributed by atoms with Crippen molar-refractivity contribution in [3.05, 3.63) is 0 Å². The lowest BCUT2D eigenvalue weighted by Crippen LogP contribution is -2.53. The third kappa shape index (κ3) is 3.43. The van der Waals surface area contributed by atoms with E-state index in [2.05, 4.69) is 37.9 Å². The van der Waals surface area contributed by atoms with Crippen LogP contribution in [0.4, 0.5) is 0 Å². The van der Waals surface area contributed by atoms with Crippen molar-refractivity contribution in [1.82, 2.24) is 10.2 Å². The molecule has 2 rings (SSSR count). The van der Waals surface area contributed by atoms with Crippen LogP contribution in [-0.2, 0) is 4.74 Å². The molecule has 0 aromatic heterocycles. The molecule has 0 aromatic carbocycles. The van der Waals surface area contributed by atoms with Gasteiger partial charge in [-0.05, 0) is 52.0 Å². The predicted octanol–water partition coefficient (Wildman–Crippen LogP) is 2.08. The normalized spacial score (nSPS) is 40.1. The van der Waals surface area contributed by atoms with Gasteiger partial charge in [0.05, 0.1) is 6.61 Å². The van der Waals surface area contributed by atoms with Crippen LogP contribution in [0.1, 0.15) is 40.5 Å². The fourth-order valence-electron chi connectivity index (χ4n) is 3.01. The summed E-state index contributed by atoms with van der Waals surface area (Å²) in [6.07, 6.45) is 2.48. The quantitative estimate of drug-likeness (QED) is 0.817. The highest BCUT2D eigenvalue weighted by atomic mass is 16.5. The van der Waals surface area contributed by atoms with Crippen molar-refractivity contribution in [3.63, 3.8) is 0 Å². The summed E-state index contributed by atoms with van der Waals surface area (Å²) in [5.74, 6) is 1.45. The van der Waals surface area contributed by atoms with Crippen LogP contribution in [0.25, 0.3) is 0 Å². The summed E-state index contributed by atoms with van der Waals surface area (Å²) < 4.78 is 6.01. The third-order valence-corrected chi connectivity index (χ3v) is 4.24. The standard InChI is InChI=1S/C14H28N2O/c1-11(2)16-6-5-13(9-16)7-14(4)15-8-12(3)10-17-14/h11-13,15H,5-10H2,1-4H3. The molecule has 2 aliphatic rings. The van der Waals surface area contributed by atoms with Crippen molar-refractivity contribution in [2.24, 2.45) is 11.8 Å². The van der Waals surface area contributed by atoms with Gasteiger partial charge in [0, 0.05) is 19.1 Å². The van der Waals surface area contributed by atoms with E-state index >= 15 is 0 Å². The highest BCUT2D eigenvalue weighted by Gasteiger charge is 2.35. The van der Waals surface area contributed by atoms with Crippen LogP contribution in [0.15, 0.2) is 0 Å². The maximum Gasteiger partial charge on any atom is 0.116 e. The molecule has 2 aliphatic heterocycles. The molecule has 0 saturated carbocycles. The van der Waals surface area contributed by atoms with Gasteiger partial charge in [0.15, 0.2) is 0 Å². The molecule has 2 fully saturated rings. The average molecular weight is 240 g/mol. The van der Waals surface area contributed by atoms with E-state index in [-0.39, 0.29) is 5.72 Å². The maximum absolute atomic E-state index is 6.01. The number of ether oxygens (including phenoxy) is 1. The van der Waals surface area contributed by atoms with Crippen molar-refractivity contribution < 1.29 is 4.74 Å². The highest BCUT2D eigenvalue weighted by molar-refractivity contribution is 4.86. The van der Waals surface area contributed by atoms with Gasteiger partial charge in [-0.3, -0.25) is 5.32 Å². The second kappa shape index (κ2) is 5.25. The molecule has 0 aromatic rings. The molecule has 0 spiro atoms. The van der Waals surface area contributed by atoms with E-state index in [4.69, 9.17) is 4.74 Å². The lowest BCUT2D eigenvalue weighted by molar-refractivity contribution is -0.112. The Balaban J connectivity index is 1.81. The molecule has 2 saturated heterocycles. The van der Waals surface area contributed by atoms with Gasteiger partial charge >= 0.3 is 0 Å². The molecule has 0 aliphatic carbocycles. The summed E-state index contributed by atoms with van der Waals surface area (Å²) in [7, 11) is 0. The average Bonchev–Trinajstić information content (AvgIpc) is 2.71. The van der Waals surface area contributed by atoms with Crippen LogP contribution in [0, 0.1) is 11.8 Å². The molecule has 0 radical (unpaired) electrons. The smallest absolute Gasteiger partial charge is 0.116 e. The van der Waals surface area contributed by atoms with E-state index in [0.29, 0.717) is 12.0 Å². The Kier molecular flexibility index (Phi) is 4.11. The molecule has 0 amide bonds. The van der Waals surface area contributed by atoms with Crippen molar-refractivity contribution in [2.75, 3.05) is 26.2 Å². The number of nitrogens with one attached hydrogen (secondary N) is 1. The molecule has 17 heavy (non-hydrogen) atoms. The topological polar surface area (TPSA) is 24.5 Å². The van der Waals surface area contributed by atoms with Crippen LogP contribution in [0.2, 0.25) is 0 Å². The van der Waals surface area contributed by atoms with E-state index in [1.807, 2.05) is 0 Å². The van der Waals surface area contributed by atoms with Gasteiger partial charge in [0.25, 0.3) is 0 Å². The molecule has 3 nitrogen and oxygen atoms in total. The third-order valence-electron chi connectivity index (χ3n) is 4.24. The van der Waals surface area contributed by atoms with Gasteiger partial charge in [-0.1, -0.05) is 6.92 Å². The van der Waals surface area contributed by atoms with Crippen molar-refractivity contribution >= 4 is 0 Å². The minimum Gasteiger partial charge on any atom is -0.361 e. The zero-order chi connectivity index (χ0) is 12.5. The summed E-state index contributed by atoms with van der Waals surface area (Å²) in [6, 6.07) is 0.688. The molecule has 100 valence electrons. The SMILES string of the molecule is CC1CNC(C)(CC2CCN(C(C)C)C2)OC1. The molecule has 3 unspecified atom stereocenters. The summed E-state index contributed by atoms with van der Waals surface area (Å²) in [4.78, 5) is 2.58. The monoisotopic (exact) mass is 240 g/mol. The van der Waals surface area contributed by atoms with Crippen LogP contribution >= 0.6 is 0 Å². The second-order valence-electron chi connectivity index (χ2n) is 6.48. The molecular formula is C14H28N2O. The largest absolute Gasteiger partial charge is 0.361 e. The van der Waals surface area contributed by atoms with Gasteiger partial charge in [-0.15, -0.1) is 0 Å². The molecular weight excluding hydrogens is 212 g/mol. The Labute approximate surface area is 106 Å². The Hall–Kier alpha value is -0.120. The van der Waals surface area contributed by atoms with Gasteiger partial charge in [-0.2, -0.15) is 0 Å². The van der Waals surface area contributed by atoms with E-state index in [9.17, 15) is 0 Å². The van der Waals surface area contributed by atoms with E-state index < -0.39 is 0 Å². The van der Waals surface area contributed by atoms with Gasteiger partial charge < -0.3 is 9.64 Å². The fraction of sp³-hybridized carbons (Fsp3) is 1.00. The lowest BCUT2D eigenvalue weighted by atomic mass is 9.95. The predicted molar refractivity (Wildman–Crippen MR) is 71.0 cm³/mol. The summed E-state index contributed by atoms with van der Waals surface area (Å²) in [5, 5.41) is 3.58. The zero-order valence-electron chi connectivity index (χ0n) is 11.8.